The lowest BCUT2D eigenvalue weighted by Gasteiger charge is -2.35. The zero-order valence-corrected chi connectivity index (χ0v) is 13.8. The first-order valence-electron chi connectivity index (χ1n) is 6.85. The molecule has 103 valence electrons. The third kappa shape index (κ3) is 7.50. The predicted octanol–water partition coefficient (Wildman–Crippen LogP) is 2.54. The van der Waals surface area contributed by atoms with Gasteiger partial charge in [-0.25, -0.2) is 0 Å². The van der Waals surface area contributed by atoms with Crippen LogP contribution < -0.4 is 15.9 Å². The van der Waals surface area contributed by atoms with Crippen molar-refractivity contribution in [2.75, 3.05) is 0 Å². The molecule has 18 heavy (non-hydrogen) atoms. The molecular formula is C12H31B3N3. The number of nitrogens with one attached hydrogen (secondary N) is 2. The molecule has 0 aromatic rings. The Morgan fingerprint density at radius 1 is 0.833 bits per heavy atom. The molecular weight excluding hydrogens is 219 g/mol. The molecule has 0 bridgehead atoms. The third-order valence-electron chi connectivity index (χ3n) is 2.83. The topological polar surface area (TPSA) is 50.1 Å². The molecule has 0 aromatic carbocycles. The van der Waals surface area contributed by atoms with E-state index in [0.717, 1.165) is 0 Å². The molecule has 0 saturated carbocycles. The van der Waals surface area contributed by atoms with Gasteiger partial charge in [0.1, 0.15) is 0 Å². The fourth-order valence-corrected chi connectivity index (χ4v) is 1.31. The molecule has 0 aliphatic heterocycles. The van der Waals surface area contributed by atoms with Gasteiger partial charge in [0.05, 0.1) is 0 Å². The Morgan fingerprint density at radius 2 is 1.28 bits per heavy atom. The highest BCUT2D eigenvalue weighted by Crippen LogP contribution is 2.28. The van der Waals surface area contributed by atoms with Crippen molar-refractivity contribution in [3.05, 3.63) is 0 Å². The molecule has 0 heterocycles. The highest BCUT2D eigenvalue weighted by atomic mass is 14.9. The summed E-state index contributed by atoms with van der Waals surface area (Å²) in [7, 11) is 2.14. The standard InChI is InChI=1S/C12H31B3N3/c1-10(2,3)13-17-15(12(7,8)9)18-14(16)11(4,5)6/h17-18H,16H2,1-9H3. The molecule has 0 unspecified atom stereocenters. The molecule has 0 atom stereocenters. The molecule has 6 heteroatoms. The lowest BCUT2D eigenvalue weighted by molar-refractivity contribution is 0.692. The second kappa shape index (κ2) is 6.02. The number of hydrogen-bond acceptors (Lipinski definition) is 3. The Bertz CT molecular complexity index is 251. The van der Waals surface area contributed by atoms with Crippen LogP contribution in [0.3, 0.4) is 0 Å². The SMILES string of the molecule is CC(C)(C)[B]NB(NB(N)C(C)(C)C)C(C)(C)C. The zero-order valence-electron chi connectivity index (χ0n) is 13.8. The molecule has 4 N–H and O–H groups in total. The zero-order chi connectivity index (χ0) is 14.8. The highest BCUT2D eigenvalue weighted by Gasteiger charge is 2.36. The highest BCUT2D eigenvalue weighted by molar-refractivity contribution is 6.77. The second-order valence-electron chi connectivity index (χ2n) is 8.49. The van der Waals surface area contributed by atoms with Crippen molar-refractivity contribution in [3.63, 3.8) is 0 Å². The molecule has 1 radical (unpaired) electrons. The summed E-state index contributed by atoms with van der Waals surface area (Å²) in [6.07, 6.45) is 0. The molecule has 0 aromatic heterocycles. The summed E-state index contributed by atoms with van der Waals surface area (Å²) in [5.74, 6) is 0. The van der Waals surface area contributed by atoms with Gasteiger partial charge in [0.2, 0.25) is 0 Å². The van der Waals surface area contributed by atoms with Crippen LogP contribution in [0.5, 0.6) is 0 Å². The van der Waals surface area contributed by atoms with Crippen molar-refractivity contribution in [2.24, 2.45) is 5.64 Å². The van der Waals surface area contributed by atoms with Gasteiger partial charge in [-0.3, -0.25) is 0 Å². The molecule has 0 rings (SSSR count). The van der Waals surface area contributed by atoms with Gasteiger partial charge >= 0.3 is 0 Å². The molecule has 0 aliphatic carbocycles. The van der Waals surface area contributed by atoms with Crippen molar-refractivity contribution in [3.8, 4) is 0 Å². The van der Waals surface area contributed by atoms with Crippen molar-refractivity contribution in [1.29, 1.82) is 0 Å². The van der Waals surface area contributed by atoms with Gasteiger partial charge in [0.15, 0.2) is 7.41 Å². The van der Waals surface area contributed by atoms with Crippen LogP contribution in [-0.4, -0.2) is 21.4 Å². The van der Waals surface area contributed by atoms with E-state index in [1.807, 2.05) is 0 Å². The monoisotopic (exact) mass is 250 g/mol. The first kappa shape index (κ1) is 18.1. The summed E-state index contributed by atoms with van der Waals surface area (Å²) < 4.78 is 0. The van der Waals surface area contributed by atoms with Crippen molar-refractivity contribution < 1.29 is 0 Å². The van der Waals surface area contributed by atoms with Crippen LogP contribution in [0.25, 0.3) is 0 Å². The van der Waals surface area contributed by atoms with E-state index in [1.165, 1.54) is 0 Å². The van der Waals surface area contributed by atoms with Gasteiger partial charge in [-0.2, -0.15) is 0 Å². The van der Waals surface area contributed by atoms with Crippen molar-refractivity contribution in [1.82, 2.24) is 10.3 Å². The van der Waals surface area contributed by atoms with E-state index >= 15 is 0 Å². The summed E-state index contributed by atoms with van der Waals surface area (Å²) in [5.41, 5.74) is 6.22. The van der Waals surface area contributed by atoms with E-state index in [1.54, 1.807) is 0 Å². The maximum atomic E-state index is 6.22. The minimum Gasteiger partial charge on any atom is -0.388 e. The molecule has 3 nitrogen and oxygen atoms in total. The maximum absolute atomic E-state index is 6.22. The lowest BCUT2D eigenvalue weighted by atomic mass is 9.41. The van der Waals surface area contributed by atoms with Crippen LogP contribution in [0.4, 0.5) is 0 Å². The van der Waals surface area contributed by atoms with Crippen LogP contribution >= 0.6 is 0 Å². The summed E-state index contributed by atoms with van der Waals surface area (Å²) in [6, 6.07) is 0. The maximum Gasteiger partial charge on any atom is 0.297 e. The third-order valence-corrected chi connectivity index (χ3v) is 2.83. The van der Waals surface area contributed by atoms with Crippen molar-refractivity contribution >= 4 is 21.4 Å². The number of nitrogens with two attached hydrogens (primary N) is 1. The Balaban J connectivity index is 4.63. The Hall–Kier alpha value is 0.0748. The average molecular weight is 250 g/mol. The molecule has 0 fully saturated rings. The Labute approximate surface area is 116 Å². The Kier molecular flexibility index (Phi) is 6.04. The average Bonchev–Trinajstić information content (AvgIpc) is 2.06. The van der Waals surface area contributed by atoms with Crippen LogP contribution in [0.1, 0.15) is 62.3 Å². The van der Waals surface area contributed by atoms with E-state index < -0.39 is 0 Å². The fourth-order valence-electron chi connectivity index (χ4n) is 1.31. The van der Waals surface area contributed by atoms with E-state index in [2.05, 4.69) is 80.0 Å². The molecule has 0 aliphatic rings. The summed E-state index contributed by atoms with van der Waals surface area (Å²) in [5, 5.41) is 7.29. The van der Waals surface area contributed by atoms with Gasteiger partial charge < -0.3 is 15.9 Å². The Morgan fingerprint density at radius 3 is 1.56 bits per heavy atom. The van der Waals surface area contributed by atoms with Crippen LogP contribution in [0.2, 0.25) is 15.9 Å². The summed E-state index contributed by atoms with van der Waals surface area (Å²) >= 11 is 0. The number of hydrogen-bond donors (Lipinski definition) is 3. The van der Waals surface area contributed by atoms with Gasteiger partial charge in [0.25, 0.3) is 14.0 Å². The van der Waals surface area contributed by atoms with Crippen LogP contribution in [-0.2, 0) is 0 Å². The van der Waals surface area contributed by atoms with E-state index in [4.69, 9.17) is 5.64 Å². The second-order valence-corrected chi connectivity index (χ2v) is 8.49. The largest absolute Gasteiger partial charge is 0.388 e. The van der Waals surface area contributed by atoms with E-state index in [9.17, 15) is 0 Å². The lowest BCUT2D eigenvalue weighted by Crippen LogP contribution is -2.65. The van der Waals surface area contributed by atoms with Crippen LogP contribution in [0, 0.1) is 0 Å². The smallest absolute Gasteiger partial charge is 0.297 e. The van der Waals surface area contributed by atoms with Crippen LogP contribution in [0.15, 0.2) is 0 Å². The first-order chi connectivity index (χ1) is 7.73. The van der Waals surface area contributed by atoms with Gasteiger partial charge in [-0.1, -0.05) is 62.3 Å². The van der Waals surface area contributed by atoms with Gasteiger partial charge in [0, 0.05) is 0 Å². The number of rotatable bonds is 4. The fraction of sp³-hybridized carbons (Fsp3) is 1.00. The summed E-state index contributed by atoms with van der Waals surface area (Å²) in [4.78, 5) is 0. The normalized spacial score (nSPS) is 13.4. The first-order valence-corrected chi connectivity index (χ1v) is 6.85. The van der Waals surface area contributed by atoms with E-state index in [0.29, 0.717) is 0 Å². The molecule has 0 spiro atoms. The van der Waals surface area contributed by atoms with Gasteiger partial charge in [-0.15, -0.1) is 0 Å². The molecule has 0 amide bonds. The summed E-state index contributed by atoms with van der Waals surface area (Å²) in [6.45, 7) is 19.8. The quantitative estimate of drug-likeness (QED) is 0.672. The minimum absolute atomic E-state index is 0.0393. The molecule has 0 saturated heterocycles. The van der Waals surface area contributed by atoms with Crippen molar-refractivity contribution in [2.45, 2.75) is 78.3 Å². The van der Waals surface area contributed by atoms with Gasteiger partial charge in [-0.05, 0) is 15.9 Å². The predicted molar refractivity (Wildman–Crippen MR) is 86.9 cm³/mol. The minimum atomic E-state index is -0.0393. The van der Waals surface area contributed by atoms with E-state index in [-0.39, 0.29) is 29.9 Å².